The molecule has 2 N–H and O–H groups in total. The lowest BCUT2D eigenvalue weighted by Crippen LogP contribution is -2.22. The molecule has 0 aliphatic carbocycles. The lowest BCUT2D eigenvalue weighted by molar-refractivity contribution is 0.277. The van der Waals surface area contributed by atoms with Crippen LogP contribution in [0.25, 0.3) is 0 Å². The van der Waals surface area contributed by atoms with Crippen LogP contribution < -0.4 is 5.73 Å². The molecule has 1 aliphatic heterocycles. The van der Waals surface area contributed by atoms with Gasteiger partial charge in [0.15, 0.2) is 0 Å². The van der Waals surface area contributed by atoms with Crippen LogP contribution in [0.15, 0.2) is 10.6 Å². The van der Waals surface area contributed by atoms with Crippen molar-refractivity contribution in [3.63, 3.8) is 0 Å². The van der Waals surface area contributed by atoms with Crippen LogP contribution in [-0.2, 0) is 13.0 Å². The Morgan fingerprint density at radius 1 is 1.67 bits per heavy atom. The number of rotatable bonds is 4. The van der Waals surface area contributed by atoms with Crippen LogP contribution in [-0.4, -0.2) is 29.5 Å². The van der Waals surface area contributed by atoms with Crippen LogP contribution in [0.5, 0.6) is 0 Å². The van der Waals surface area contributed by atoms with Crippen molar-refractivity contribution in [1.82, 2.24) is 9.88 Å². The molecule has 1 unspecified atom stereocenters. The molecule has 1 saturated heterocycles. The molecule has 2 heterocycles. The number of hydrogen-bond acceptors (Lipinski definition) is 4. The van der Waals surface area contributed by atoms with E-state index in [1.165, 1.54) is 6.42 Å². The summed E-state index contributed by atoms with van der Waals surface area (Å²) in [5.41, 5.74) is 5.65. The summed E-state index contributed by atoms with van der Waals surface area (Å²) in [6.07, 6.45) is 3.95. The molecule has 0 spiro atoms. The van der Waals surface area contributed by atoms with Gasteiger partial charge in [-0.15, -0.1) is 0 Å². The zero-order valence-electron chi connectivity index (χ0n) is 9.28. The van der Waals surface area contributed by atoms with Gasteiger partial charge in [-0.25, -0.2) is 4.98 Å². The van der Waals surface area contributed by atoms with Crippen molar-refractivity contribution in [1.29, 1.82) is 0 Å². The molecule has 1 fully saturated rings. The Morgan fingerprint density at radius 3 is 3.13 bits per heavy atom. The smallest absolute Gasteiger partial charge is 0.208 e. The maximum atomic E-state index is 5.65. The Bertz CT molecular complexity index is 311. The fourth-order valence-corrected chi connectivity index (χ4v) is 2.02. The normalized spacial score (nSPS) is 22.4. The lowest BCUT2D eigenvalue weighted by Gasteiger charge is -2.12. The van der Waals surface area contributed by atoms with Gasteiger partial charge >= 0.3 is 0 Å². The minimum atomic E-state index is 0.658. The first-order chi connectivity index (χ1) is 7.31. The van der Waals surface area contributed by atoms with Crippen molar-refractivity contribution in [3.05, 3.63) is 17.8 Å². The standard InChI is InChI=1S/C11H19N3O/c1-2-10-6-13-11(15-10)8-14-4-3-9(5-12)7-14/h6,9H,2-5,7-8,12H2,1H3. The van der Waals surface area contributed by atoms with Crippen LogP contribution in [0.3, 0.4) is 0 Å². The molecule has 0 saturated carbocycles. The highest BCUT2D eigenvalue weighted by Crippen LogP contribution is 2.17. The predicted molar refractivity (Wildman–Crippen MR) is 58.3 cm³/mol. The summed E-state index contributed by atoms with van der Waals surface area (Å²) in [6.45, 7) is 5.90. The van der Waals surface area contributed by atoms with E-state index in [-0.39, 0.29) is 0 Å². The average molecular weight is 209 g/mol. The van der Waals surface area contributed by atoms with E-state index >= 15 is 0 Å². The molecule has 0 radical (unpaired) electrons. The van der Waals surface area contributed by atoms with E-state index in [9.17, 15) is 0 Å². The van der Waals surface area contributed by atoms with E-state index in [1.807, 2.05) is 6.20 Å². The Balaban J connectivity index is 1.87. The molecule has 0 aromatic carbocycles. The first-order valence-corrected chi connectivity index (χ1v) is 5.67. The second-order valence-electron chi connectivity index (χ2n) is 4.20. The van der Waals surface area contributed by atoms with Gasteiger partial charge in [-0.05, 0) is 25.4 Å². The average Bonchev–Trinajstić information content (AvgIpc) is 2.87. The van der Waals surface area contributed by atoms with E-state index in [4.69, 9.17) is 10.2 Å². The molecule has 0 bridgehead atoms. The molecule has 1 atom stereocenters. The zero-order chi connectivity index (χ0) is 10.7. The highest BCUT2D eigenvalue weighted by Gasteiger charge is 2.22. The molecule has 1 aromatic heterocycles. The van der Waals surface area contributed by atoms with Crippen LogP contribution in [0.2, 0.25) is 0 Å². The minimum Gasteiger partial charge on any atom is -0.444 e. The van der Waals surface area contributed by atoms with Gasteiger partial charge < -0.3 is 10.2 Å². The molecule has 4 nitrogen and oxygen atoms in total. The Labute approximate surface area is 90.5 Å². The third kappa shape index (κ3) is 2.58. The molecule has 4 heteroatoms. The number of likely N-dealkylation sites (tertiary alicyclic amines) is 1. The van der Waals surface area contributed by atoms with E-state index in [0.29, 0.717) is 5.92 Å². The zero-order valence-corrected chi connectivity index (χ0v) is 9.28. The third-order valence-electron chi connectivity index (χ3n) is 3.01. The molecule has 0 amide bonds. The van der Waals surface area contributed by atoms with Crippen molar-refractivity contribution in [3.8, 4) is 0 Å². The summed E-state index contributed by atoms with van der Waals surface area (Å²) in [4.78, 5) is 6.63. The van der Waals surface area contributed by atoms with Gasteiger partial charge in [0.25, 0.3) is 0 Å². The number of aromatic nitrogens is 1. The van der Waals surface area contributed by atoms with Gasteiger partial charge in [-0.2, -0.15) is 0 Å². The first kappa shape index (κ1) is 10.6. The van der Waals surface area contributed by atoms with Crippen LogP contribution >= 0.6 is 0 Å². The largest absolute Gasteiger partial charge is 0.444 e. The van der Waals surface area contributed by atoms with E-state index in [2.05, 4.69) is 16.8 Å². The van der Waals surface area contributed by atoms with Crippen LogP contribution in [0.1, 0.15) is 25.0 Å². The summed E-state index contributed by atoms with van der Waals surface area (Å²) in [7, 11) is 0. The minimum absolute atomic E-state index is 0.658. The number of nitrogens with zero attached hydrogens (tertiary/aromatic N) is 2. The highest BCUT2D eigenvalue weighted by molar-refractivity contribution is 4.94. The van der Waals surface area contributed by atoms with Gasteiger partial charge in [0.1, 0.15) is 5.76 Å². The van der Waals surface area contributed by atoms with Crippen LogP contribution in [0, 0.1) is 5.92 Å². The lowest BCUT2D eigenvalue weighted by atomic mass is 10.1. The van der Waals surface area contributed by atoms with Crippen molar-refractivity contribution in [2.75, 3.05) is 19.6 Å². The topological polar surface area (TPSA) is 55.3 Å². The number of oxazole rings is 1. The molecular weight excluding hydrogens is 190 g/mol. The molecular formula is C11H19N3O. The van der Waals surface area contributed by atoms with Crippen molar-refractivity contribution < 1.29 is 4.42 Å². The summed E-state index contributed by atoms with van der Waals surface area (Å²) >= 11 is 0. The molecule has 2 rings (SSSR count). The van der Waals surface area contributed by atoms with Crippen molar-refractivity contribution >= 4 is 0 Å². The maximum Gasteiger partial charge on any atom is 0.208 e. The van der Waals surface area contributed by atoms with E-state index in [1.54, 1.807) is 0 Å². The predicted octanol–water partition coefficient (Wildman–Crippen LogP) is 1.02. The molecule has 15 heavy (non-hydrogen) atoms. The highest BCUT2D eigenvalue weighted by atomic mass is 16.4. The molecule has 1 aromatic rings. The second kappa shape index (κ2) is 4.77. The fourth-order valence-electron chi connectivity index (χ4n) is 2.02. The monoisotopic (exact) mass is 209 g/mol. The second-order valence-corrected chi connectivity index (χ2v) is 4.20. The number of hydrogen-bond donors (Lipinski definition) is 1. The number of nitrogens with two attached hydrogens (primary N) is 1. The first-order valence-electron chi connectivity index (χ1n) is 5.67. The van der Waals surface area contributed by atoms with Gasteiger partial charge in [0.05, 0.1) is 12.7 Å². The third-order valence-corrected chi connectivity index (χ3v) is 3.01. The van der Waals surface area contributed by atoms with Gasteiger partial charge in [-0.3, -0.25) is 4.90 Å². The summed E-state index contributed by atoms with van der Waals surface area (Å²) in [5.74, 6) is 2.47. The quantitative estimate of drug-likeness (QED) is 0.804. The Morgan fingerprint density at radius 2 is 2.53 bits per heavy atom. The Kier molecular flexibility index (Phi) is 3.38. The molecule has 1 aliphatic rings. The SMILES string of the molecule is CCc1cnc(CN2CCC(CN)C2)o1. The molecule has 84 valence electrons. The summed E-state index contributed by atoms with van der Waals surface area (Å²) in [5, 5.41) is 0. The van der Waals surface area contributed by atoms with Gasteiger partial charge in [0.2, 0.25) is 5.89 Å². The summed E-state index contributed by atoms with van der Waals surface area (Å²) in [6, 6.07) is 0. The van der Waals surface area contributed by atoms with Crippen molar-refractivity contribution in [2.24, 2.45) is 11.7 Å². The van der Waals surface area contributed by atoms with E-state index in [0.717, 1.165) is 44.3 Å². The summed E-state index contributed by atoms with van der Waals surface area (Å²) < 4.78 is 5.58. The fraction of sp³-hybridized carbons (Fsp3) is 0.727. The van der Waals surface area contributed by atoms with Crippen molar-refractivity contribution in [2.45, 2.75) is 26.3 Å². The Hall–Kier alpha value is -0.870. The van der Waals surface area contributed by atoms with Gasteiger partial charge in [0, 0.05) is 13.0 Å². The van der Waals surface area contributed by atoms with Crippen LogP contribution in [0.4, 0.5) is 0 Å². The number of aryl methyl sites for hydroxylation is 1. The van der Waals surface area contributed by atoms with Gasteiger partial charge in [-0.1, -0.05) is 6.92 Å². The maximum absolute atomic E-state index is 5.65. The van der Waals surface area contributed by atoms with E-state index < -0.39 is 0 Å².